The van der Waals surface area contributed by atoms with Crippen molar-refractivity contribution in [1.29, 1.82) is 0 Å². The van der Waals surface area contributed by atoms with E-state index in [1.165, 1.54) is 32.6 Å². The van der Waals surface area contributed by atoms with Crippen LogP contribution >= 0.6 is 11.3 Å². The molecule has 2 aliphatic rings. The number of carbonyl (C=O) groups excluding carboxylic acids is 2. The molecule has 5 nitrogen and oxygen atoms in total. The maximum atomic E-state index is 13.4. The molecule has 3 aromatic carbocycles. The molecule has 0 unspecified atom stereocenters. The second kappa shape index (κ2) is 9.17. The van der Waals surface area contributed by atoms with Crippen LogP contribution < -0.4 is 19.7 Å². The molecule has 0 radical (unpaired) electrons. The Bertz CT molecular complexity index is 1850. The molecular formula is C33H28N2O3S. The SMILES string of the molecule is CCn1c(=C2C(=O)c3ccccc3C2=O)sc(=CC=C2N(C)c3ccc(-c4ccccc4)cc3C2(C)C)c1=O. The Balaban J connectivity index is 1.47. The van der Waals surface area contributed by atoms with Crippen molar-refractivity contribution in [2.75, 3.05) is 11.9 Å². The van der Waals surface area contributed by atoms with E-state index in [2.05, 4.69) is 49.1 Å². The number of thiazole rings is 1. The van der Waals surface area contributed by atoms with E-state index in [1.807, 2.05) is 44.3 Å². The largest absolute Gasteiger partial charge is 0.347 e. The molecule has 0 N–H and O–H groups in total. The summed E-state index contributed by atoms with van der Waals surface area (Å²) >= 11 is 1.21. The number of carbonyl (C=O) groups is 2. The highest BCUT2D eigenvalue weighted by Crippen LogP contribution is 2.48. The van der Waals surface area contributed by atoms with Gasteiger partial charge in [-0.3, -0.25) is 19.0 Å². The number of rotatable bonds is 3. The van der Waals surface area contributed by atoms with Crippen molar-refractivity contribution < 1.29 is 9.59 Å². The Hall–Kier alpha value is -4.29. The van der Waals surface area contributed by atoms with Crippen LogP contribution in [-0.2, 0) is 12.0 Å². The smallest absolute Gasteiger partial charge is 0.269 e. The number of nitrogens with zero attached hydrogens (tertiary/aromatic N) is 2. The summed E-state index contributed by atoms with van der Waals surface area (Å²) in [4.78, 5) is 41.9. The number of hydrogen-bond acceptors (Lipinski definition) is 5. The summed E-state index contributed by atoms with van der Waals surface area (Å²) in [6.45, 7) is 6.61. The molecule has 39 heavy (non-hydrogen) atoms. The molecule has 0 saturated carbocycles. The number of fused-ring (bicyclic) bond motifs is 2. The molecule has 0 atom stereocenters. The second-order valence-corrected chi connectivity index (χ2v) is 11.4. The maximum absolute atomic E-state index is 13.4. The minimum absolute atomic E-state index is 0.0895. The predicted molar refractivity (Wildman–Crippen MR) is 158 cm³/mol. The zero-order chi connectivity index (χ0) is 27.5. The van der Waals surface area contributed by atoms with Crippen molar-refractivity contribution in [3.8, 4) is 11.1 Å². The van der Waals surface area contributed by atoms with Crippen LogP contribution in [0.3, 0.4) is 0 Å². The lowest BCUT2D eigenvalue weighted by Gasteiger charge is -2.23. The van der Waals surface area contributed by atoms with Crippen LogP contribution in [0.4, 0.5) is 5.69 Å². The van der Waals surface area contributed by atoms with Gasteiger partial charge in [-0.15, -0.1) is 11.3 Å². The van der Waals surface area contributed by atoms with Gasteiger partial charge in [-0.1, -0.05) is 74.5 Å². The Morgan fingerprint density at radius 3 is 2.10 bits per heavy atom. The Morgan fingerprint density at radius 1 is 0.821 bits per heavy atom. The van der Waals surface area contributed by atoms with Crippen LogP contribution in [0.25, 0.3) is 22.8 Å². The van der Waals surface area contributed by atoms with Crippen LogP contribution in [0.5, 0.6) is 0 Å². The van der Waals surface area contributed by atoms with Gasteiger partial charge in [-0.25, -0.2) is 0 Å². The van der Waals surface area contributed by atoms with Gasteiger partial charge in [0, 0.05) is 41.5 Å². The molecule has 0 bridgehead atoms. The molecule has 6 rings (SSSR count). The lowest BCUT2D eigenvalue weighted by molar-refractivity contribution is 0.102. The highest BCUT2D eigenvalue weighted by molar-refractivity contribution is 7.08. The molecule has 194 valence electrons. The van der Waals surface area contributed by atoms with Crippen LogP contribution in [0.1, 0.15) is 47.1 Å². The molecule has 1 aromatic heterocycles. The van der Waals surface area contributed by atoms with Gasteiger partial charge in [0.15, 0.2) is 0 Å². The summed E-state index contributed by atoms with van der Waals surface area (Å²) in [5, 5.41) is 0. The molecule has 0 spiro atoms. The Morgan fingerprint density at radius 2 is 1.46 bits per heavy atom. The quantitative estimate of drug-likeness (QED) is 0.376. The fourth-order valence-electron chi connectivity index (χ4n) is 5.75. The Kier molecular flexibility index (Phi) is 5.88. The molecule has 0 fully saturated rings. The molecule has 4 aromatic rings. The van der Waals surface area contributed by atoms with Crippen LogP contribution in [0.2, 0.25) is 0 Å². The standard InChI is InChI=1S/C33H28N2O3S/c1-5-35-31(38)26(39-32(35)28-29(36)22-13-9-10-14-23(22)30(28)37)17-18-27-33(2,3)24-19-21(15-16-25(24)34(27)4)20-11-7-6-8-12-20/h6-19H,5H2,1-4H3. The van der Waals surface area contributed by atoms with Gasteiger partial charge in [0.05, 0.1) is 4.53 Å². The summed E-state index contributed by atoms with van der Waals surface area (Å²) in [7, 11) is 2.04. The van der Waals surface area contributed by atoms with Gasteiger partial charge in [-0.2, -0.15) is 0 Å². The first kappa shape index (κ1) is 25.0. The van der Waals surface area contributed by atoms with Gasteiger partial charge in [0.1, 0.15) is 10.2 Å². The topological polar surface area (TPSA) is 59.4 Å². The number of anilines is 1. The molecular weight excluding hydrogens is 504 g/mol. The van der Waals surface area contributed by atoms with E-state index in [1.54, 1.807) is 24.3 Å². The zero-order valence-electron chi connectivity index (χ0n) is 22.3. The zero-order valence-corrected chi connectivity index (χ0v) is 23.1. The number of allylic oxidation sites excluding steroid dienone is 2. The first-order valence-electron chi connectivity index (χ1n) is 13.0. The van der Waals surface area contributed by atoms with Crippen molar-refractivity contribution in [2.24, 2.45) is 0 Å². The van der Waals surface area contributed by atoms with Gasteiger partial charge in [-0.05, 0) is 47.9 Å². The van der Waals surface area contributed by atoms with Crippen molar-refractivity contribution in [1.82, 2.24) is 4.57 Å². The number of likely N-dealkylation sites (N-methyl/N-ethyl adjacent to an activating group) is 1. The highest BCUT2D eigenvalue weighted by atomic mass is 32.1. The van der Waals surface area contributed by atoms with E-state index in [4.69, 9.17) is 0 Å². The second-order valence-electron chi connectivity index (χ2n) is 10.4. The lowest BCUT2D eigenvalue weighted by atomic mass is 9.82. The van der Waals surface area contributed by atoms with Gasteiger partial charge >= 0.3 is 0 Å². The maximum Gasteiger partial charge on any atom is 0.269 e. The molecule has 6 heteroatoms. The van der Waals surface area contributed by atoms with E-state index < -0.39 is 0 Å². The fourth-order valence-corrected chi connectivity index (χ4v) is 6.91. The van der Waals surface area contributed by atoms with Crippen LogP contribution in [0.15, 0.2) is 89.4 Å². The predicted octanol–water partition coefficient (Wildman–Crippen LogP) is 4.92. The van der Waals surface area contributed by atoms with Crippen LogP contribution in [-0.4, -0.2) is 23.2 Å². The van der Waals surface area contributed by atoms with Crippen molar-refractivity contribution in [2.45, 2.75) is 32.7 Å². The van der Waals surface area contributed by atoms with Crippen molar-refractivity contribution >= 4 is 40.2 Å². The summed E-state index contributed by atoms with van der Waals surface area (Å²) in [5.74, 6) is -0.629. The number of hydrogen-bond donors (Lipinski definition) is 0. The first-order chi connectivity index (χ1) is 18.7. The average Bonchev–Trinajstić information content (AvgIpc) is 3.47. The lowest BCUT2D eigenvalue weighted by Crippen LogP contribution is -2.32. The number of benzene rings is 3. The third-order valence-corrected chi connectivity index (χ3v) is 8.99. The fraction of sp³-hybridized carbons (Fsp3) is 0.182. The van der Waals surface area contributed by atoms with E-state index in [9.17, 15) is 14.4 Å². The number of Topliss-reactive ketones (excluding diaryl/α,β-unsaturated/α-hetero) is 2. The molecule has 2 heterocycles. The van der Waals surface area contributed by atoms with Crippen molar-refractivity contribution in [3.05, 3.63) is 121 Å². The van der Waals surface area contributed by atoms with E-state index in [0.717, 1.165) is 11.4 Å². The van der Waals surface area contributed by atoms with E-state index in [-0.39, 0.29) is 28.1 Å². The molecule has 1 aliphatic carbocycles. The summed E-state index contributed by atoms with van der Waals surface area (Å²) in [6.07, 6.45) is 3.83. The van der Waals surface area contributed by atoms with E-state index >= 15 is 0 Å². The summed E-state index contributed by atoms with van der Waals surface area (Å²) < 4.78 is 2.46. The summed E-state index contributed by atoms with van der Waals surface area (Å²) in [6, 6.07) is 23.7. The Labute approximate surface area is 230 Å². The van der Waals surface area contributed by atoms with Gasteiger partial charge < -0.3 is 4.90 Å². The number of aromatic nitrogens is 1. The average molecular weight is 533 g/mol. The molecule has 0 saturated heterocycles. The van der Waals surface area contributed by atoms with Crippen LogP contribution in [0, 0.1) is 0 Å². The normalized spacial score (nSPS) is 17.3. The summed E-state index contributed by atoms with van der Waals surface area (Å²) in [5.41, 5.74) is 6.16. The molecule has 0 amide bonds. The highest BCUT2D eigenvalue weighted by Gasteiger charge is 2.38. The van der Waals surface area contributed by atoms with Gasteiger partial charge in [0.25, 0.3) is 5.56 Å². The first-order valence-corrected chi connectivity index (χ1v) is 13.8. The monoisotopic (exact) mass is 532 g/mol. The minimum atomic E-state index is -0.315. The van der Waals surface area contributed by atoms with Crippen molar-refractivity contribution in [3.63, 3.8) is 0 Å². The molecule has 1 aliphatic heterocycles. The van der Waals surface area contributed by atoms with Gasteiger partial charge in [0.2, 0.25) is 11.6 Å². The minimum Gasteiger partial charge on any atom is -0.347 e. The van der Waals surface area contributed by atoms with E-state index in [0.29, 0.717) is 26.9 Å². The third-order valence-electron chi connectivity index (χ3n) is 7.84. The third kappa shape index (κ3) is 3.78. The number of ketones is 2.